The Hall–Kier alpha value is -2.21. The highest BCUT2D eigenvalue weighted by atomic mass is 16.2. The number of nitrogens with one attached hydrogen (secondary N) is 1. The van der Waals surface area contributed by atoms with Gasteiger partial charge < -0.3 is 10.2 Å². The van der Waals surface area contributed by atoms with Gasteiger partial charge in [-0.3, -0.25) is 19.3 Å². The average Bonchev–Trinajstić information content (AvgIpc) is 2.48. The highest BCUT2D eigenvalue weighted by Crippen LogP contribution is 2.11. The van der Waals surface area contributed by atoms with E-state index < -0.39 is 0 Å². The van der Waals surface area contributed by atoms with E-state index in [-0.39, 0.29) is 18.2 Å². The van der Waals surface area contributed by atoms with E-state index in [1.807, 2.05) is 4.90 Å². The summed E-state index contributed by atoms with van der Waals surface area (Å²) in [5.74, 6) is -0.147. The summed E-state index contributed by atoms with van der Waals surface area (Å²) in [5.41, 5.74) is 1.20. The molecule has 1 aromatic carbocycles. The Morgan fingerprint density at radius 2 is 1.95 bits per heavy atom. The van der Waals surface area contributed by atoms with E-state index in [0.717, 1.165) is 6.41 Å². The molecule has 0 radical (unpaired) electrons. The molecule has 2 rings (SSSR count). The summed E-state index contributed by atoms with van der Waals surface area (Å²) in [7, 11) is 0. The molecule has 0 aliphatic carbocycles. The zero-order valence-corrected chi connectivity index (χ0v) is 12.0. The molecule has 21 heavy (non-hydrogen) atoms. The SMILES string of the molecule is CC(=O)c1cccc(NC(=O)CN2CCN(C=O)CC2)c1. The molecule has 0 spiro atoms. The van der Waals surface area contributed by atoms with Crippen molar-refractivity contribution in [1.82, 2.24) is 9.80 Å². The van der Waals surface area contributed by atoms with Crippen molar-refractivity contribution in [2.24, 2.45) is 0 Å². The summed E-state index contributed by atoms with van der Waals surface area (Å²) in [5, 5.41) is 2.79. The predicted molar refractivity (Wildman–Crippen MR) is 79.2 cm³/mol. The molecule has 1 aliphatic rings. The highest BCUT2D eigenvalue weighted by Gasteiger charge is 2.17. The van der Waals surface area contributed by atoms with Crippen LogP contribution in [0.2, 0.25) is 0 Å². The first-order chi connectivity index (χ1) is 10.1. The standard InChI is InChI=1S/C15H19N3O3/c1-12(20)13-3-2-4-14(9-13)16-15(21)10-17-5-7-18(11-19)8-6-17/h2-4,9,11H,5-8,10H2,1H3,(H,16,21). The lowest BCUT2D eigenvalue weighted by Gasteiger charge is -2.31. The number of rotatable bonds is 5. The highest BCUT2D eigenvalue weighted by molar-refractivity contribution is 5.97. The Morgan fingerprint density at radius 1 is 1.24 bits per heavy atom. The van der Waals surface area contributed by atoms with Gasteiger partial charge in [0.25, 0.3) is 0 Å². The molecular weight excluding hydrogens is 270 g/mol. The largest absolute Gasteiger partial charge is 0.343 e. The summed E-state index contributed by atoms with van der Waals surface area (Å²) in [4.78, 5) is 37.6. The van der Waals surface area contributed by atoms with Crippen LogP contribution in [-0.4, -0.2) is 60.6 Å². The van der Waals surface area contributed by atoms with Gasteiger partial charge >= 0.3 is 0 Å². The van der Waals surface area contributed by atoms with E-state index in [4.69, 9.17) is 0 Å². The van der Waals surface area contributed by atoms with Crippen molar-refractivity contribution in [1.29, 1.82) is 0 Å². The van der Waals surface area contributed by atoms with Gasteiger partial charge in [-0.2, -0.15) is 0 Å². The lowest BCUT2D eigenvalue weighted by atomic mass is 10.1. The lowest BCUT2D eigenvalue weighted by molar-refractivity contribution is -0.120. The van der Waals surface area contributed by atoms with Crippen LogP contribution in [0.3, 0.4) is 0 Å². The number of hydrogen-bond donors (Lipinski definition) is 1. The smallest absolute Gasteiger partial charge is 0.238 e. The van der Waals surface area contributed by atoms with Crippen LogP contribution in [0.1, 0.15) is 17.3 Å². The first-order valence-corrected chi connectivity index (χ1v) is 6.91. The molecule has 0 saturated carbocycles. The van der Waals surface area contributed by atoms with Crippen LogP contribution in [0.4, 0.5) is 5.69 Å². The summed E-state index contributed by atoms with van der Waals surface area (Å²) in [6, 6.07) is 6.89. The van der Waals surface area contributed by atoms with Crippen molar-refractivity contribution in [2.45, 2.75) is 6.92 Å². The minimum Gasteiger partial charge on any atom is -0.343 e. The number of carbonyl (C=O) groups excluding carboxylic acids is 3. The van der Waals surface area contributed by atoms with E-state index in [9.17, 15) is 14.4 Å². The second-order valence-electron chi connectivity index (χ2n) is 5.10. The molecular formula is C15H19N3O3. The quantitative estimate of drug-likeness (QED) is 0.636. The Labute approximate surface area is 123 Å². The maximum absolute atomic E-state index is 12.0. The number of piperazine rings is 1. The van der Waals surface area contributed by atoms with Gasteiger partial charge in [0.1, 0.15) is 0 Å². The van der Waals surface area contributed by atoms with E-state index in [1.54, 1.807) is 29.2 Å². The van der Waals surface area contributed by atoms with Crippen LogP contribution in [0, 0.1) is 0 Å². The second-order valence-corrected chi connectivity index (χ2v) is 5.10. The van der Waals surface area contributed by atoms with Gasteiger partial charge in [-0.1, -0.05) is 12.1 Å². The molecule has 1 saturated heterocycles. The Kier molecular flexibility index (Phi) is 5.05. The summed E-state index contributed by atoms with van der Waals surface area (Å²) < 4.78 is 0. The van der Waals surface area contributed by atoms with Gasteiger partial charge in [0.05, 0.1) is 6.54 Å². The van der Waals surface area contributed by atoms with Crippen LogP contribution in [-0.2, 0) is 9.59 Å². The van der Waals surface area contributed by atoms with Gasteiger partial charge in [-0.25, -0.2) is 0 Å². The summed E-state index contributed by atoms with van der Waals surface area (Å²) in [6.45, 7) is 4.47. The monoisotopic (exact) mass is 289 g/mol. The van der Waals surface area contributed by atoms with Crippen LogP contribution in [0.5, 0.6) is 0 Å². The van der Waals surface area contributed by atoms with Gasteiger partial charge in [-0.05, 0) is 19.1 Å². The average molecular weight is 289 g/mol. The second kappa shape index (κ2) is 6.99. The molecule has 1 heterocycles. The summed E-state index contributed by atoms with van der Waals surface area (Å²) >= 11 is 0. The predicted octanol–water partition coefficient (Wildman–Crippen LogP) is 0.602. The molecule has 0 unspecified atom stereocenters. The number of carbonyl (C=O) groups is 3. The fourth-order valence-electron chi connectivity index (χ4n) is 2.25. The van der Waals surface area contributed by atoms with Crippen LogP contribution in [0.15, 0.2) is 24.3 Å². The first kappa shape index (κ1) is 15.2. The normalized spacial score (nSPS) is 15.6. The van der Waals surface area contributed by atoms with Gasteiger partial charge in [-0.15, -0.1) is 0 Å². The first-order valence-electron chi connectivity index (χ1n) is 6.91. The van der Waals surface area contributed by atoms with Crippen LogP contribution < -0.4 is 5.32 Å². The molecule has 112 valence electrons. The Balaban J connectivity index is 1.86. The number of ketones is 1. The van der Waals surface area contributed by atoms with Crippen molar-refractivity contribution < 1.29 is 14.4 Å². The van der Waals surface area contributed by atoms with Crippen molar-refractivity contribution in [3.63, 3.8) is 0 Å². The molecule has 6 nitrogen and oxygen atoms in total. The molecule has 0 aromatic heterocycles. The third-order valence-electron chi connectivity index (χ3n) is 3.48. The molecule has 1 aromatic rings. The third kappa shape index (κ3) is 4.39. The maximum atomic E-state index is 12.0. The third-order valence-corrected chi connectivity index (χ3v) is 3.48. The van der Waals surface area contributed by atoms with Gasteiger partial charge in [0.15, 0.2) is 5.78 Å². The van der Waals surface area contributed by atoms with Crippen LogP contribution >= 0.6 is 0 Å². The maximum Gasteiger partial charge on any atom is 0.238 e. The Bertz CT molecular complexity index is 537. The number of anilines is 1. The minimum atomic E-state index is -0.116. The zero-order chi connectivity index (χ0) is 15.2. The van der Waals surface area contributed by atoms with Crippen molar-refractivity contribution in [2.75, 3.05) is 38.0 Å². The molecule has 0 bridgehead atoms. The zero-order valence-electron chi connectivity index (χ0n) is 12.0. The minimum absolute atomic E-state index is 0.0314. The van der Waals surface area contributed by atoms with Gasteiger partial charge in [0.2, 0.25) is 12.3 Å². The summed E-state index contributed by atoms with van der Waals surface area (Å²) in [6.07, 6.45) is 0.838. The van der Waals surface area contributed by atoms with Crippen molar-refractivity contribution >= 4 is 23.8 Å². The van der Waals surface area contributed by atoms with Gasteiger partial charge in [0, 0.05) is 37.4 Å². The van der Waals surface area contributed by atoms with Crippen LogP contribution in [0.25, 0.3) is 0 Å². The van der Waals surface area contributed by atoms with Crippen molar-refractivity contribution in [3.8, 4) is 0 Å². The van der Waals surface area contributed by atoms with E-state index in [2.05, 4.69) is 5.32 Å². The lowest BCUT2D eigenvalue weighted by Crippen LogP contribution is -2.48. The molecule has 0 atom stereocenters. The van der Waals surface area contributed by atoms with E-state index in [1.165, 1.54) is 6.92 Å². The number of hydrogen-bond acceptors (Lipinski definition) is 4. The van der Waals surface area contributed by atoms with E-state index in [0.29, 0.717) is 37.4 Å². The molecule has 1 aliphatic heterocycles. The van der Waals surface area contributed by atoms with Crippen molar-refractivity contribution in [3.05, 3.63) is 29.8 Å². The molecule has 6 heteroatoms. The number of nitrogens with zero attached hydrogens (tertiary/aromatic N) is 2. The molecule has 2 amide bonds. The molecule has 1 fully saturated rings. The molecule has 1 N–H and O–H groups in total. The van der Waals surface area contributed by atoms with E-state index >= 15 is 0 Å². The number of Topliss-reactive ketones (excluding diaryl/α,β-unsaturated/α-hetero) is 1. The Morgan fingerprint density at radius 3 is 2.57 bits per heavy atom. The topological polar surface area (TPSA) is 69.7 Å². The fourth-order valence-corrected chi connectivity index (χ4v) is 2.25. The number of amides is 2. The fraction of sp³-hybridized carbons (Fsp3) is 0.400. The number of benzene rings is 1.